The second kappa shape index (κ2) is 7.68. The zero-order valence-electron chi connectivity index (χ0n) is 13.2. The van der Waals surface area contributed by atoms with Crippen LogP contribution >= 0.6 is 0 Å². The molecule has 0 aromatic rings. The molecule has 2 rings (SSSR count). The van der Waals surface area contributed by atoms with Gasteiger partial charge in [0.1, 0.15) is 0 Å². The maximum atomic E-state index is 5.62. The smallest absolute Gasteiger partial charge is 0.167 e. The van der Waals surface area contributed by atoms with Crippen molar-refractivity contribution in [3.05, 3.63) is 0 Å². The molecule has 6 heteroatoms. The maximum Gasteiger partial charge on any atom is 0.167 e. The normalized spacial score (nSPS) is 26.7. The van der Waals surface area contributed by atoms with Crippen molar-refractivity contribution >= 4 is 0 Å². The molecule has 0 amide bonds. The Morgan fingerprint density at radius 3 is 1.45 bits per heavy atom. The van der Waals surface area contributed by atoms with Crippen molar-refractivity contribution in [1.82, 2.24) is 0 Å². The summed E-state index contributed by atoms with van der Waals surface area (Å²) in [5.41, 5.74) is 11.1. The lowest BCUT2D eigenvalue weighted by atomic mass is 10.1. The minimum Gasteiger partial charge on any atom is -0.349 e. The van der Waals surface area contributed by atoms with E-state index in [1.54, 1.807) is 0 Å². The van der Waals surface area contributed by atoms with E-state index in [0.717, 1.165) is 12.8 Å². The molecule has 0 unspecified atom stereocenters. The zero-order chi connectivity index (χ0) is 15.2. The van der Waals surface area contributed by atoms with E-state index in [2.05, 4.69) is 13.8 Å². The lowest BCUT2D eigenvalue weighted by molar-refractivity contribution is -0.274. The Balaban J connectivity index is 0.000000204. The summed E-state index contributed by atoms with van der Waals surface area (Å²) in [5, 5.41) is 0. The largest absolute Gasteiger partial charge is 0.349 e. The van der Waals surface area contributed by atoms with Crippen LogP contribution in [0.15, 0.2) is 0 Å². The quantitative estimate of drug-likeness (QED) is 0.788. The fraction of sp³-hybridized carbons (Fsp3) is 1.00. The molecular weight excluding hydrogens is 260 g/mol. The van der Waals surface area contributed by atoms with Crippen LogP contribution in [0, 0.1) is 0 Å². The lowest BCUT2D eigenvalue weighted by Crippen LogP contribution is -2.48. The van der Waals surface area contributed by atoms with Crippen molar-refractivity contribution in [2.24, 2.45) is 11.5 Å². The molecular formula is C14H30N2O4. The Bertz CT molecular complexity index is 262. The molecule has 0 bridgehead atoms. The molecule has 4 N–H and O–H groups in total. The SMILES string of the molecule is CC1(C)OCC(N)CO1.CCC1(CC)OCC(N)CO1. The third-order valence-electron chi connectivity index (χ3n) is 3.49. The van der Waals surface area contributed by atoms with Crippen LogP contribution in [0.2, 0.25) is 0 Å². The molecule has 0 saturated carbocycles. The first-order valence-corrected chi connectivity index (χ1v) is 7.39. The molecule has 120 valence electrons. The van der Waals surface area contributed by atoms with Crippen molar-refractivity contribution in [3.63, 3.8) is 0 Å². The van der Waals surface area contributed by atoms with Gasteiger partial charge in [-0.25, -0.2) is 0 Å². The molecule has 6 nitrogen and oxygen atoms in total. The molecule has 0 radical (unpaired) electrons. The Morgan fingerprint density at radius 2 is 1.15 bits per heavy atom. The number of nitrogens with two attached hydrogens (primary N) is 2. The van der Waals surface area contributed by atoms with E-state index in [1.165, 1.54) is 0 Å². The highest BCUT2D eigenvalue weighted by molar-refractivity contribution is 4.74. The number of hydrogen-bond acceptors (Lipinski definition) is 6. The van der Waals surface area contributed by atoms with Gasteiger partial charge in [-0.1, -0.05) is 13.8 Å². The molecule has 20 heavy (non-hydrogen) atoms. The monoisotopic (exact) mass is 290 g/mol. The standard InChI is InChI=1S/C8H17NO2.C6H13NO2/c1-3-8(4-2)10-5-7(9)6-11-8;1-6(2)8-3-5(7)4-9-6/h7H,3-6,9H2,1-2H3;5H,3-4,7H2,1-2H3. The van der Waals surface area contributed by atoms with Gasteiger partial charge in [-0.05, 0) is 26.7 Å². The molecule has 0 atom stereocenters. The van der Waals surface area contributed by atoms with Gasteiger partial charge in [0, 0.05) is 0 Å². The van der Waals surface area contributed by atoms with Crippen LogP contribution in [0.1, 0.15) is 40.5 Å². The lowest BCUT2D eigenvalue weighted by Gasteiger charge is -2.38. The third kappa shape index (κ3) is 5.63. The molecule has 2 aliphatic heterocycles. The van der Waals surface area contributed by atoms with Gasteiger partial charge in [-0.2, -0.15) is 0 Å². The first kappa shape index (κ1) is 17.8. The highest BCUT2D eigenvalue weighted by atomic mass is 16.7. The predicted molar refractivity (Wildman–Crippen MR) is 77.2 cm³/mol. The summed E-state index contributed by atoms with van der Waals surface area (Å²) in [6, 6.07) is 0.110. The van der Waals surface area contributed by atoms with Crippen molar-refractivity contribution in [1.29, 1.82) is 0 Å². The summed E-state index contributed by atoms with van der Waals surface area (Å²) in [4.78, 5) is 0. The molecule has 2 fully saturated rings. The van der Waals surface area contributed by atoms with E-state index in [4.69, 9.17) is 30.4 Å². The highest BCUT2D eigenvalue weighted by Gasteiger charge is 2.32. The first-order valence-electron chi connectivity index (χ1n) is 7.39. The van der Waals surface area contributed by atoms with Crippen molar-refractivity contribution in [2.75, 3.05) is 26.4 Å². The Labute approximate surface area is 122 Å². The van der Waals surface area contributed by atoms with E-state index in [1.807, 2.05) is 13.8 Å². The number of rotatable bonds is 2. The second-order valence-electron chi connectivity index (χ2n) is 5.78. The molecule has 0 spiro atoms. The third-order valence-corrected chi connectivity index (χ3v) is 3.49. The van der Waals surface area contributed by atoms with Crippen LogP contribution in [-0.4, -0.2) is 50.1 Å². The van der Waals surface area contributed by atoms with E-state index in [9.17, 15) is 0 Å². The molecule has 0 aromatic carbocycles. The van der Waals surface area contributed by atoms with Crippen LogP contribution < -0.4 is 11.5 Å². The maximum absolute atomic E-state index is 5.62. The van der Waals surface area contributed by atoms with E-state index < -0.39 is 5.79 Å². The van der Waals surface area contributed by atoms with Crippen LogP contribution in [0.25, 0.3) is 0 Å². The fourth-order valence-corrected chi connectivity index (χ4v) is 1.97. The number of ether oxygens (including phenoxy) is 4. The van der Waals surface area contributed by atoms with Crippen LogP contribution in [0.5, 0.6) is 0 Å². The molecule has 2 heterocycles. The average molecular weight is 290 g/mol. The predicted octanol–water partition coefficient (Wildman–Crippen LogP) is 0.973. The van der Waals surface area contributed by atoms with Gasteiger partial charge in [-0.15, -0.1) is 0 Å². The van der Waals surface area contributed by atoms with Crippen molar-refractivity contribution < 1.29 is 18.9 Å². The van der Waals surface area contributed by atoms with Crippen molar-refractivity contribution in [3.8, 4) is 0 Å². The van der Waals surface area contributed by atoms with E-state index in [0.29, 0.717) is 26.4 Å². The molecule has 0 aliphatic carbocycles. The summed E-state index contributed by atoms with van der Waals surface area (Å²) >= 11 is 0. The number of hydrogen-bond donors (Lipinski definition) is 2. The summed E-state index contributed by atoms with van der Waals surface area (Å²) in [5.74, 6) is -0.758. The first-order chi connectivity index (χ1) is 9.32. The summed E-state index contributed by atoms with van der Waals surface area (Å²) < 4.78 is 21.5. The van der Waals surface area contributed by atoms with E-state index in [-0.39, 0.29) is 17.9 Å². The summed E-state index contributed by atoms with van der Waals surface area (Å²) in [6.45, 7) is 10.4. The Hall–Kier alpha value is -0.240. The summed E-state index contributed by atoms with van der Waals surface area (Å²) in [6.07, 6.45) is 1.80. The Morgan fingerprint density at radius 1 is 0.800 bits per heavy atom. The Kier molecular flexibility index (Phi) is 6.84. The van der Waals surface area contributed by atoms with Gasteiger partial charge in [0.2, 0.25) is 0 Å². The highest BCUT2D eigenvalue weighted by Crippen LogP contribution is 2.25. The zero-order valence-corrected chi connectivity index (χ0v) is 13.2. The fourth-order valence-electron chi connectivity index (χ4n) is 1.97. The van der Waals surface area contributed by atoms with Crippen LogP contribution in [0.4, 0.5) is 0 Å². The van der Waals surface area contributed by atoms with Gasteiger partial charge in [-0.3, -0.25) is 0 Å². The van der Waals surface area contributed by atoms with Gasteiger partial charge < -0.3 is 30.4 Å². The van der Waals surface area contributed by atoms with E-state index >= 15 is 0 Å². The van der Waals surface area contributed by atoms with Gasteiger partial charge in [0.25, 0.3) is 0 Å². The van der Waals surface area contributed by atoms with Gasteiger partial charge in [0.05, 0.1) is 38.5 Å². The van der Waals surface area contributed by atoms with Crippen molar-refractivity contribution in [2.45, 2.75) is 64.2 Å². The summed E-state index contributed by atoms with van der Waals surface area (Å²) in [7, 11) is 0. The minimum absolute atomic E-state index is 0.0537. The topological polar surface area (TPSA) is 89.0 Å². The van der Waals surface area contributed by atoms with Gasteiger partial charge >= 0.3 is 0 Å². The molecule has 2 saturated heterocycles. The average Bonchev–Trinajstić information content (AvgIpc) is 2.44. The molecule has 0 aromatic heterocycles. The van der Waals surface area contributed by atoms with Gasteiger partial charge in [0.15, 0.2) is 11.6 Å². The van der Waals surface area contributed by atoms with Crippen LogP contribution in [0.3, 0.4) is 0 Å². The van der Waals surface area contributed by atoms with Crippen LogP contribution in [-0.2, 0) is 18.9 Å². The second-order valence-corrected chi connectivity index (χ2v) is 5.78. The molecule has 2 aliphatic rings. The minimum atomic E-state index is -0.421.